The molecule has 2 aromatic carbocycles. The maximum absolute atomic E-state index is 14.1. The van der Waals surface area contributed by atoms with E-state index in [0.29, 0.717) is 34.2 Å². The number of nitrogens with two attached hydrogens (primary N) is 1. The molecule has 0 unspecified atom stereocenters. The van der Waals surface area contributed by atoms with Gasteiger partial charge >= 0.3 is 0 Å². The van der Waals surface area contributed by atoms with E-state index < -0.39 is 26.6 Å². The van der Waals surface area contributed by atoms with Crippen LogP contribution in [0.3, 0.4) is 0 Å². The van der Waals surface area contributed by atoms with Gasteiger partial charge in [0.2, 0.25) is 5.95 Å². The summed E-state index contributed by atoms with van der Waals surface area (Å²) in [6.45, 7) is 0. The van der Waals surface area contributed by atoms with E-state index in [-0.39, 0.29) is 5.69 Å². The zero-order valence-electron chi connectivity index (χ0n) is 18.9. The van der Waals surface area contributed by atoms with E-state index in [1.807, 2.05) is 10.8 Å². The van der Waals surface area contributed by atoms with Crippen LogP contribution < -0.4 is 10.5 Å². The molecule has 6 rings (SSSR count). The highest BCUT2D eigenvalue weighted by molar-refractivity contribution is 7.92. The molecule has 1 aliphatic rings. The van der Waals surface area contributed by atoms with Crippen LogP contribution in [-0.2, 0) is 10.0 Å². The molecule has 0 atom stereocenters. The number of rotatable bonds is 5. The molecule has 36 heavy (non-hydrogen) atoms. The van der Waals surface area contributed by atoms with Gasteiger partial charge in [0.25, 0.3) is 10.0 Å². The molecule has 9 nitrogen and oxygen atoms in total. The summed E-state index contributed by atoms with van der Waals surface area (Å²) in [5, 5.41) is 0. The number of halogens is 2. The molecule has 1 fully saturated rings. The first-order chi connectivity index (χ1) is 17.3. The van der Waals surface area contributed by atoms with E-state index in [1.165, 1.54) is 18.5 Å². The van der Waals surface area contributed by atoms with E-state index in [0.717, 1.165) is 55.0 Å². The molecule has 1 aliphatic carbocycles. The summed E-state index contributed by atoms with van der Waals surface area (Å²) in [5.41, 5.74) is 9.94. The number of aromatic amines is 1. The SMILES string of the molecule is Nc1ncnc2c(C3CCCC3)cn(-c3nc4ccc(NS(=O)(=O)c5c(F)cccc5F)cc4[nH]3)c12. The predicted molar refractivity (Wildman–Crippen MR) is 131 cm³/mol. The molecule has 184 valence electrons. The van der Waals surface area contributed by atoms with Crippen molar-refractivity contribution in [1.29, 1.82) is 0 Å². The number of nitrogens with zero attached hydrogens (tertiary/aromatic N) is 4. The third-order valence-corrected chi connectivity index (χ3v) is 8.00. The van der Waals surface area contributed by atoms with Crippen molar-refractivity contribution in [1.82, 2.24) is 24.5 Å². The monoisotopic (exact) mass is 509 g/mol. The van der Waals surface area contributed by atoms with Crippen LogP contribution in [0.2, 0.25) is 0 Å². The number of fused-ring (bicyclic) bond motifs is 2. The van der Waals surface area contributed by atoms with Crippen LogP contribution in [0.1, 0.15) is 37.2 Å². The summed E-state index contributed by atoms with van der Waals surface area (Å²) >= 11 is 0. The average molecular weight is 510 g/mol. The van der Waals surface area contributed by atoms with E-state index in [1.54, 1.807) is 6.07 Å². The topological polar surface area (TPSA) is 132 Å². The molecule has 0 amide bonds. The second kappa shape index (κ2) is 8.26. The molecule has 0 aliphatic heterocycles. The summed E-state index contributed by atoms with van der Waals surface area (Å²) in [6, 6.07) is 7.46. The van der Waals surface area contributed by atoms with Crippen molar-refractivity contribution in [3.05, 3.63) is 66.1 Å². The third kappa shape index (κ3) is 3.65. The van der Waals surface area contributed by atoms with Gasteiger partial charge in [0.1, 0.15) is 23.5 Å². The van der Waals surface area contributed by atoms with Crippen LogP contribution >= 0.6 is 0 Å². The van der Waals surface area contributed by atoms with Crippen molar-refractivity contribution in [3.63, 3.8) is 0 Å². The molecule has 12 heteroatoms. The van der Waals surface area contributed by atoms with Crippen molar-refractivity contribution in [2.75, 3.05) is 10.5 Å². The highest BCUT2D eigenvalue weighted by atomic mass is 32.2. The van der Waals surface area contributed by atoms with E-state index in [9.17, 15) is 17.2 Å². The van der Waals surface area contributed by atoms with Crippen LogP contribution in [0.15, 0.2) is 53.8 Å². The molecule has 1 saturated carbocycles. The quantitative estimate of drug-likeness (QED) is 0.317. The lowest BCUT2D eigenvalue weighted by atomic mass is 10.00. The molecule has 0 saturated heterocycles. The number of sulfonamides is 1. The van der Waals surface area contributed by atoms with E-state index >= 15 is 0 Å². The largest absolute Gasteiger partial charge is 0.382 e. The van der Waals surface area contributed by atoms with Gasteiger partial charge in [0.15, 0.2) is 10.7 Å². The number of nitrogens with one attached hydrogen (secondary N) is 2. The number of aromatic nitrogens is 5. The molecule has 0 radical (unpaired) electrons. The smallest absolute Gasteiger partial charge is 0.267 e. The van der Waals surface area contributed by atoms with Gasteiger partial charge < -0.3 is 10.7 Å². The number of hydrogen-bond acceptors (Lipinski definition) is 6. The maximum atomic E-state index is 14.1. The number of benzene rings is 2. The number of nitrogen functional groups attached to an aromatic ring is 1. The van der Waals surface area contributed by atoms with Gasteiger partial charge in [0.05, 0.1) is 22.2 Å². The van der Waals surface area contributed by atoms with E-state index in [4.69, 9.17) is 5.73 Å². The number of imidazole rings is 1. The van der Waals surface area contributed by atoms with Crippen LogP contribution in [0, 0.1) is 11.6 Å². The standard InChI is InChI=1S/C24H21F2N7O2S/c25-16-6-3-7-17(26)22(16)36(34,35)32-14-8-9-18-19(10-14)31-24(30-18)33-11-15(13-4-1-2-5-13)20-21(33)23(27)29-12-28-20/h3,6-13,32H,1-2,4-5H2,(H,30,31)(H2,27,28,29). The Morgan fingerprint density at radius 3 is 2.58 bits per heavy atom. The highest BCUT2D eigenvalue weighted by Gasteiger charge is 2.26. The van der Waals surface area contributed by atoms with E-state index in [2.05, 4.69) is 24.7 Å². The number of anilines is 2. The summed E-state index contributed by atoms with van der Waals surface area (Å²) in [5.74, 6) is -1.19. The minimum atomic E-state index is -4.50. The van der Waals surface area contributed by atoms with Crippen molar-refractivity contribution in [2.24, 2.45) is 0 Å². The summed E-state index contributed by atoms with van der Waals surface area (Å²) in [6.07, 6.45) is 7.92. The van der Waals surface area contributed by atoms with Gasteiger partial charge in [-0.15, -0.1) is 0 Å². The lowest BCUT2D eigenvalue weighted by Gasteiger charge is -2.09. The normalized spacial score (nSPS) is 14.7. The van der Waals surface area contributed by atoms with Gasteiger partial charge in [-0.25, -0.2) is 32.2 Å². The Kier molecular flexibility index (Phi) is 5.14. The number of H-pyrrole nitrogens is 1. The summed E-state index contributed by atoms with van der Waals surface area (Å²) in [7, 11) is -4.50. The molecule has 3 heterocycles. The van der Waals surface area contributed by atoms with Crippen LogP contribution in [0.25, 0.3) is 28.0 Å². The zero-order valence-corrected chi connectivity index (χ0v) is 19.7. The van der Waals surface area contributed by atoms with Crippen molar-refractivity contribution < 1.29 is 17.2 Å². The maximum Gasteiger partial charge on any atom is 0.267 e. The van der Waals surface area contributed by atoms with Crippen LogP contribution in [0.5, 0.6) is 0 Å². The summed E-state index contributed by atoms with van der Waals surface area (Å²) < 4.78 is 57.5. The Bertz CT molecular complexity index is 1720. The highest BCUT2D eigenvalue weighted by Crippen LogP contribution is 2.39. The Morgan fingerprint density at radius 1 is 1.08 bits per heavy atom. The fraction of sp³-hybridized carbons (Fsp3) is 0.208. The Labute approximate surface area is 204 Å². The molecule has 4 N–H and O–H groups in total. The van der Waals surface area contributed by atoms with Gasteiger partial charge in [-0.3, -0.25) is 9.29 Å². The minimum absolute atomic E-state index is 0.118. The zero-order chi connectivity index (χ0) is 25.0. The van der Waals surface area contributed by atoms with Crippen molar-refractivity contribution >= 4 is 43.6 Å². The Hall–Kier alpha value is -4.06. The second-order valence-electron chi connectivity index (χ2n) is 8.84. The van der Waals surface area contributed by atoms with Crippen molar-refractivity contribution in [2.45, 2.75) is 36.5 Å². The average Bonchev–Trinajstić information content (AvgIpc) is 3.56. The molecule has 5 aromatic rings. The second-order valence-corrected chi connectivity index (χ2v) is 10.5. The Balaban J connectivity index is 1.41. The molecule has 0 bridgehead atoms. The fourth-order valence-corrected chi connectivity index (χ4v) is 6.12. The first-order valence-electron chi connectivity index (χ1n) is 11.4. The molecular formula is C24H21F2N7O2S. The Morgan fingerprint density at radius 2 is 1.83 bits per heavy atom. The summed E-state index contributed by atoms with van der Waals surface area (Å²) in [4.78, 5) is 15.4. The van der Waals surface area contributed by atoms with Gasteiger partial charge in [-0.05, 0) is 54.7 Å². The molecular weight excluding hydrogens is 488 g/mol. The van der Waals surface area contributed by atoms with Crippen LogP contribution in [0.4, 0.5) is 20.3 Å². The predicted octanol–water partition coefficient (Wildman–Crippen LogP) is 4.62. The fourth-order valence-electron chi connectivity index (χ4n) is 4.93. The first-order valence-corrected chi connectivity index (χ1v) is 12.9. The minimum Gasteiger partial charge on any atom is -0.382 e. The van der Waals surface area contributed by atoms with Gasteiger partial charge in [-0.1, -0.05) is 18.9 Å². The lowest BCUT2D eigenvalue weighted by Crippen LogP contribution is -2.16. The van der Waals surface area contributed by atoms with Gasteiger partial charge in [0, 0.05) is 6.20 Å². The molecule has 0 spiro atoms. The molecule has 3 aromatic heterocycles. The first kappa shape index (κ1) is 22.4. The van der Waals surface area contributed by atoms with Crippen molar-refractivity contribution in [3.8, 4) is 5.95 Å². The number of hydrogen-bond donors (Lipinski definition) is 3. The lowest BCUT2D eigenvalue weighted by molar-refractivity contribution is 0.521. The van der Waals surface area contributed by atoms with Crippen LogP contribution in [-0.4, -0.2) is 32.9 Å². The third-order valence-electron chi connectivity index (χ3n) is 6.57. The van der Waals surface area contributed by atoms with Gasteiger partial charge in [-0.2, -0.15) is 0 Å².